The van der Waals surface area contributed by atoms with Crippen LogP contribution in [0.1, 0.15) is 45.0 Å². The molecule has 3 rings (SSSR count). The lowest BCUT2D eigenvalue weighted by molar-refractivity contribution is -0.115. The van der Waals surface area contributed by atoms with Crippen LogP contribution < -0.4 is 10.6 Å². The zero-order chi connectivity index (χ0) is 26.1. The van der Waals surface area contributed by atoms with Crippen molar-refractivity contribution >= 4 is 68.3 Å². The van der Waals surface area contributed by atoms with Crippen LogP contribution in [0.2, 0.25) is 0 Å². The summed E-state index contributed by atoms with van der Waals surface area (Å²) in [5.41, 5.74) is 1.39. The number of anilines is 2. The van der Waals surface area contributed by atoms with E-state index in [9.17, 15) is 19.2 Å². The Morgan fingerprint density at radius 3 is 2.31 bits per heavy atom. The zero-order valence-corrected chi connectivity index (χ0v) is 22.2. The van der Waals surface area contributed by atoms with Gasteiger partial charge in [-0.05, 0) is 31.9 Å². The van der Waals surface area contributed by atoms with Crippen LogP contribution in [-0.4, -0.2) is 52.9 Å². The highest BCUT2D eigenvalue weighted by molar-refractivity contribution is 8.01. The van der Waals surface area contributed by atoms with Crippen molar-refractivity contribution in [1.82, 2.24) is 10.2 Å². The topological polar surface area (TPSA) is 137 Å². The molecule has 0 unspecified atom stereocenters. The molecule has 2 N–H and O–H groups in total. The lowest BCUT2D eigenvalue weighted by Gasteiger charge is -2.06. The summed E-state index contributed by atoms with van der Waals surface area (Å²) in [4.78, 5) is 49.8. The first-order chi connectivity index (χ1) is 17.3. The molecule has 2 amide bonds. The molecule has 0 fully saturated rings. The second-order valence-electron chi connectivity index (χ2n) is 7.12. The van der Waals surface area contributed by atoms with Crippen molar-refractivity contribution in [2.24, 2.45) is 0 Å². The van der Waals surface area contributed by atoms with E-state index in [2.05, 4.69) is 20.8 Å². The minimum absolute atomic E-state index is 0.0272. The molecule has 2 aromatic heterocycles. The molecular weight excluding hydrogens is 524 g/mol. The van der Waals surface area contributed by atoms with Crippen molar-refractivity contribution < 1.29 is 28.7 Å². The maximum absolute atomic E-state index is 12.6. The van der Waals surface area contributed by atoms with Crippen LogP contribution in [0.3, 0.4) is 0 Å². The summed E-state index contributed by atoms with van der Waals surface area (Å²) in [7, 11) is 0. The van der Waals surface area contributed by atoms with Crippen molar-refractivity contribution in [2.75, 3.05) is 29.6 Å². The molecule has 2 heterocycles. The van der Waals surface area contributed by atoms with Crippen LogP contribution in [0.4, 0.5) is 10.1 Å². The molecule has 13 heteroatoms. The monoisotopic (exact) mass is 548 g/mol. The van der Waals surface area contributed by atoms with Gasteiger partial charge in [0.25, 0.3) is 0 Å². The second kappa shape index (κ2) is 13.1. The van der Waals surface area contributed by atoms with Gasteiger partial charge in [-0.15, -0.1) is 21.5 Å². The third-order valence-electron chi connectivity index (χ3n) is 4.53. The quantitative estimate of drug-likeness (QED) is 0.205. The number of thioether (sulfide) groups is 1. The number of aromatic nitrogens is 2. The van der Waals surface area contributed by atoms with Crippen LogP contribution in [0, 0.1) is 6.92 Å². The number of esters is 2. The van der Waals surface area contributed by atoms with E-state index in [0.717, 1.165) is 40.0 Å². The lowest BCUT2D eigenvalue weighted by atomic mass is 10.1. The molecule has 0 aliphatic rings. The van der Waals surface area contributed by atoms with Crippen LogP contribution in [0.5, 0.6) is 0 Å². The van der Waals surface area contributed by atoms with Gasteiger partial charge in [0, 0.05) is 0 Å². The van der Waals surface area contributed by atoms with Crippen LogP contribution in [-0.2, 0) is 25.5 Å². The largest absolute Gasteiger partial charge is 0.462 e. The number of amides is 2. The standard InChI is InChI=1S/C23H24N4O6S3/c1-4-32-20(30)17-13(3)18(21(31)33-5-2)35-19(17)24-16(29)12-34-23-27-26-22(36-23)25-15(28)11-14-9-7-6-8-10-14/h6-10H,4-5,11-12H2,1-3H3,(H,24,29)(H,25,26,28). The number of carbonyl (C=O) groups is 4. The van der Waals surface area contributed by atoms with E-state index in [-0.39, 0.29) is 46.7 Å². The molecule has 0 saturated heterocycles. The van der Waals surface area contributed by atoms with Crippen LogP contribution >= 0.6 is 34.4 Å². The average molecular weight is 549 g/mol. The smallest absolute Gasteiger partial charge is 0.348 e. The molecule has 36 heavy (non-hydrogen) atoms. The van der Waals surface area contributed by atoms with Crippen molar-refractivity contribution in [2.45, 2.75) is 31.5 Å². The minimum Gasteiger partial charge on any atom is -0.462 e. The Balaban J connectivity index is 1.60. The first kappa shape index (κ1) is 27.3. The van der Waals surface area contributed by atoms with E-state index < -0.39 is 17.8 Å². The number of thiophene rings is 1. The fraction of sp³-hybridized carbons (Fsp3) is 0.304. The zero-order valence-electron chi connectivity index (χ0n) is 19.8. The molecule has 0 aliphatic carbocycles. The first-order valence-electron chi connectivity index (χ1n) is 10.9. The second-order valence-corrected chi connectivity index (χ2v) is 10.3. The van der Waals surface area contributed by atoms with Crippen LogP contribution in [0.15, 0.2) is 34.7 Å². The van der Waals surface area contributed by atoms with Crippen molar-refractivity contribution in [3.63, 3.8) is 0 Å². The Hall–Kier alpha value is -3.29. The molecule has 0 atom stereocenters. The fourth-order valence-corrected chi connectivity index (χ4v) is 5.67. The van der Waals surface area contributed by atoms with E-state index >= 15 is 0 Å². The van der Waals surface area contributed by atoms with Gasteiger partial charge in [0.05, 0.1) is 31.0 Å². The molecule has 0 aliphatic heterocycles. The van der Waals surface area contributed by atoms with E-state index in [0.29, 0.717) is 15.0 Å². The van der Waals surface area contributed by atoms with Gasteiger partial charge in [0.1, 0.15) is 9.88 Å². The SMILES string of the molecule is CCOC(=O)c1sc(NC(=O)CSc2nnc(NC(=O)Cc3ccccc3)s2)c(C(=O)OCC)c1C. The summed E-state index contributed by atoms with van der Waals surface area (Å²) in [6, 6.07) is 9.31. The highest BCUT2D eigenvalue weighted by Crippen LogP contribution is 2.35. The number of nitrogens with one attached hydrogen (secondary N) is 2. The maximum atomic E-state index is 12.6. The maximum Gasteiger partial charge on any atom is 0.348 e. The molecule has 10 nitrogen and oxygen atoms in total. The van der Waals surface area contributed by atoms with Crippen molar-refractivity contribution in [3.05, 3.63) is 51.9 Å². The number of nitrogens with zero attached hydrogens (tertiary/aromatic N) is 2. The van der Waals surface area contributed by atoms with Gasteiger partial charge in [0.2, 0.25) is 16.9 Å². The van der Waals surface area contributed by atoms with Gasteiger partial charge in [-0.1, -0.05) is 53.4 Å². The molecule has 0 radical (unpaired) electrons. The molecule has 1 aromatic carbocycles. The molecule has 3 aromatic rings. The molecule has 0 bridgehead atoms. The lowest BCUT2D eigenvalue weighted by Crippen LogP contribution is -2.16. The van der Waals surface area contributed by atoms with Crippen molar-refractivity contribution in [1.29, 1.82) is 0 Å². The van der Waals surface area contributed by atoms with Gasteiger partial charge in [-0.25, -0.2) is 9.59 Å². The van der Waals surface area contributed by atoms with Gasteiger partial charge < -0.3 is 20.1 Å². The third-order valence-corrected chi connectivity index (χ3v) is 7.69. The average Bonchev–Trinajstić information content (AvgIpc) is 3.42. The summed E-state index contributed by atoms with van der Waals surface area (Å²) in [5.74, 6) is -1.86. The number of benzene rings is 1. The summed E-state index contributed by atoms with van der Waals surface area (Å²) in [5, 5.41) is 13.9. The molecule has 0 saturated carbocycles. The Labute approximate surface area is 219 Å². The molecule has 190 valence electrons. The summed E-state index contributed by atoms with van der Waals surface area (Å²) < 4.78 is 10.6. The van der Waals surface area contributed by atoms with Gasteiger partial charge in [0.15, 0.2) is 4.34 Å². The van der Waals surface area contributed by atoms with E-state index in [4.69, 9.17) is 9.47 Å². The van der Waals surface area contributed by atoms with E-state index in [1.807, 2.05) is 30.3 Å². The van der Waals surface area contributed by atoms with Gasteiger partial charge >= 0.3 is 11.9 Å². The Kier molecular flexibility index (Phi) is 9.96. The Bertz CT molecular complexity index is 1240. The summed E-state index contributed by atoms with van der Waals surface area (Å²) in [6.07, 6.45) is 0.210. The van der Waals surface area contributed by atoms with Crippen molar-refractivity contribution in [3.8, 4) is 0 Å². The van der Waals surface area contributed by atoms with Crippen LogP contribution in [0.25, 0.3) is 0 Å². The predicted octanol–water partition coefficient (Wildman–Crippen LogP) is 4.17. The Morgan fingerprint density at radius 2 is 1.61 bits per heavy atom. The minimum atomic E-state index is -0.634. The summed E-state index contributed by atoms with van der Waals surface area (Å²) in [6.45, 7) is 5.28. The predicted molar refractivity (Wildman–Crippen MR) is 139 cm³/mol. The number of carbonyl (C=O) groups excluding carboxylic acids is 4. The van der Waals surface area contributed by atoms with E-state index in [1.165, 1.54) is 0 Å². The highest BCUT2D eigenvalue weighted by Gasteiger charge is 2.27. The van der Waals surface area contributed by atoms with E-state index in [1.54, 1.807) is 20.8 Å². The number of hydrogen-bond donors (Lipinski definition) is 2. The first-order valence-corrected chi connectivity index (χ1v) is 13.5. The molecule has 0 spiro atoms. The molecular formula is C23H24N4O6S3. The highest BCUT2D eigenvalue weighted by atomic mass is 32.2. The number of hydrogen-bond acceptors (Lipinski definition) is 11. The number of rotatable bonds is 11. The normalized spacial score (nSPS) is 10.5. The van der Waals surface area contributed by atoms with Gasteiger partial charge in [-0.2, -0.15) is 0 Å². The Morgan fingerprint density at radius 1 is 0.917 bits per heavy atom. The third kappa shape index (κ3) is 7.35. The van der Waals surface area contributed by atoms with Gasteiger partial charge in [-0.3, -0.25) is 9.59 Å². The number of ether oxygens (including phenoxy) is 2. The summed E-state index contributed by atoms with van der Waals surface area (Å²) >= 11 is 3.24. The fourth-order valence-electron chi connectivity index (χ4n) is 3.00.